The first-order valence-electron chi connectivity index (χ1n) is 15.6. The van der Waals surface area contributed by atoms with E-state index >= 15 is 0 Å². The van der Waals surface area contributed by atoms with E-state index in [4.69, 9.17) is 0 Å². The first-order valence-corrected chi connectivity index (χ1v) is 16.4. The lowest BCUT2D eigenvalue weighted by Gasteiger charge is -2.40. The van der Waals surface area contributed by atoms with Gasteiger partial charge in [-0.25, -0.2) is 23.7 Å². The Morgan fingerprint density at radius 2 is 1.09 bits per heavy atom. The summed E-state index contributed by atoms with van der Waals surface area (Å²) in [6.45, 7) is 0. The Balaban J connectivity index is 0.000000172. The molecule has 2 aliphatic carbocycles. The van der Waals surface area contributed by atoms with Crippen LogP contribution >= 0.6 is 15.9 Å². The van der Waals surface area contributed by atoms with Crippen molar-refractivity contribution in [1.82, 2.24) is 29.5 Å². The molecule has 236 valence electrons. The summed E-state index contributed by atoms with van der Waals surface area (Å²) in [5, 5.41) is 31.1. The van der Waals surface area contributed by atoms with Gasteiger partial charge in [-0.2, -0.15) is 10.2 Å². The molecule has 7 rings (SSSR count). The fraction of sp³-hybridized carbons (Fsp3) is 0.333. The summed E-state index contributed by atoms with van der Waals surface area (Å²) < 4.78 is 17.5. The molecule has 2 aliphatic rings. The Bertz CT molecular complexity index is 1750. The number of benzene rings is 3. The van der Waals surface area contributed by atoms with Gasteiger partial charge in [0, 0.05) is 15.6 Å². The summed E-state index contributed by atoms with van der Waals surface area (Å²) in [5.41, 5.74) is 1.62. The molecule has 8 nitrogen and oxygen atoms in total. The number of aromatic nitrogens is 6. The van der Waals surface area contributed by atoms with E-state index in [1.165, 1.54) is 24.8 Å². The Labute approximate surface area is 276 Å². The van der Waals surface area contributed by atoms with Crippen molar-refractivity contribution in [3.8, 4) is 11.8 Å². The van der Waals surface area contributed by atoms with Gasteiger partial charge in [0.2, 0.25) is 0 Å². The zero-order chi connectivity index (χ0) is 32.0. The third kappa shape index (κ3) is 6.97. The minimum atomic E-state index is -0.963. The van der Waals surface area contributed by atoms with Gasteiger partial charge in [-0.05, 0) is 85.3 Å². The maximum absolute atomic E-state index is 13.0. The fourth-order valence-corrected chi connectivity index (χ4v) is 6.93. The van der Waals surface area contributed by atoms with Gasteiger partial charge >= 0.3 is 0 Å². The van der Waals surface area contributed by atoms with Crippen molar-refractivity contribution in [2.24, 2.45) is 0 Å². The van der Waals surface area contributed by atoms with Crippen molar-refractivity contribution in [3.05, 3.63) is 131 Å². The van der Waals surface area contributed by atoms with Crippen LogP contribution in [0.15, 0.2) is 103 Å². The van der Waals surface area contributed by atoms with Crippen LogP contribution in [0.2, 0.25) is 0 Å². The minimum Gasteiger partial charge on any atom is -0.383 e. The van der Waals surface area contributed by atoms with Crippen molar-refractivity contribution >= 4 is 15.9 Å². The summed E-state index contributed by atoms with van der Waals surface area (Å²) in [6.07, 6.45) is 13.8. The van der Waals surface area contributed by atoms with Crippen molar-refractivity contribution in [2.75, 3.05) is 0 Å². The van der Waals surface area contributed by atoms with Gasteiger partial charge in [-0.15, -0.1) is 0 Å². The average molecular weight is 684 g/mol. The molecule has 0 aliphatic heterocycles. The van der Waals surface area contributed by atoms with Crippen molar-refractivity contribution in [1.29, 1.82) is 0 Å². The molecule has 2 N–H and O–H groups in total. The molecule has 0 spiro atoms. The lowest BCUT2D eigenvalue weighted by molar-refractivity contribution is -0.0519. The molecule has 2 saturated carbocycles. The maximum Gasteiger partial charge on any atom is 0.137 e. The van der Waals surface area contributed by atoms with Crippen LogP contribution in [0.1, 0.15) is 85.7 Å². The molecule has 0 radical (unpaired) electrons. The monoisotopic (exact) mass is 682 g/mol. The van der Waals surface area contributed by atoms with E-state index < -0.39 is 11.2 Å². The maximum atomic E-state index is 13.0. The summed E-state index contributed by atoms with van der Waals surface area (Å²) >= 11 is 3.43. The van der Waals surface area contributed by atoms with E-state index in [2.05, 4.69) is 47.9 Å². The van der Waals surface area contributed by atoms with E-state index in [1.807, 2.05) is 48.5 Å². The van der Waals surface area contributed by atoms with Crippen molar-refractivity contribution < 1.29 is 14.6 Å². The predicted octanol–water partition coefficient (Wildman–Crippen LogP) is 6.86. The largest absolute Gasteiger partial charge is 0.383 e. The second-order valence-corrected chi connectivity index (χ2v) is 12.9. The third-order valence-electron chi connectivity index (χ3n) is 9.11. The Morgan fingerprint density at radius 3 is 1.52 bits per heavy atom. The second-order valence-electron chi connectivity index (χ2n) is 12.0. The fourth-order valence-electron chi connectivity index (χ4n) is 6.67. The minimum absolute atomic E-state index is 0.0371. The highest BCUT2D eigenvalue weighted by atomic mass is 79.9. The molecule has 46 heavy (non-hydrogen) atoms. The molecular weight excluding hydrogens is 647 g/mol. The molecule has 0 saturated heterocycles. The lowest BCUT2D eigenvalue weighted by Crippen LogP contribution is -2.39. The molecule has 0 amide bonds. The van der Waals surface area contributed by atoms with Gasteiger partial charge in [-0.3, -0.25) is 0 Å². The highest BCUT2D eigenvalue weighted by Gasteiger charge is 2.43. The molecule has 4 atom stereocenters. The summed E-state index contributed by atoms with van der Waals surface area (Å²) in [4.78, 5) is 8.03. The van der Waals surface area contributed by atoms with Crippen molar-refractivity contribution in [3.63, 3.8) is 0 Å². The number of aliphatic hydroxyl groups is 2. The van der Waals surface area contributed by atoms with E-state index in [0.717, 1.165) is 71.7 Å². The zero-order valence-electron chi connectivity index (χ0n) is 25.4. The van der Waals surface area contributed by atoms with Crippen LogP contribution in [0.25, 0.3) is 0 Å². The first-order chi connectivity index (χ1) is 22.3. The SMILES string of the molecule is OC1(c2ccc(Br)cc2)CCCCC1n1cncn1.OC1(c2ccc(C#Cc3ccc(F)cc3)cc2)CCCCC1n1cncn1. The normalized spacial score (nSPS) is 24.3. The van der Waals surface area contributed by atoms with E-state index in [1.54, 1.807) is 34.2 Å². The van der Waals surface area contributed by atoms with Gasteiger partial charge < -0.3 is 10.2 Å². The quantitative estimate of drug-likeness (QED) is 0.201. The number of nitrogens with zero attached hydrogens (tertiary/aromatic N) is 6. The molecule has 3 aromatic carbocycles. The van der Waals surface area contributed by atoms with Crippen LogP contribution in [0.5, 0.6) is 0 Å². The Hall–Kier alpha value is -4.17. The van der Waals surface area contributed by atoms with Gasteiger partial charge in [0.1, 0.15) is 42.3 Å². The second kappa shape index (κ2) is 14.1. The van der Waals surface area contributed by atoms with Gasteiger partial charge in [-0.1, -0.05) is 77.7 Å². The summed E-state index contributed by atoms with van der Waals surface area (Å²) in [5.74, 6) is 5.84. The molecule has 0 bridgehead atoms. The van der Waals surface area contributed by atoms with Gasteiger partial charge in [0.25, 0.3) is 0 Å². The smallest absolute Gasteiger partial charge is 0.137 e. The van der Waals surface area contributed by atoms with E-state index in [0.29, 0.717) is 6.42 Å². The molecule has 2 fully saturated rings. The van der Waals surface area contributed by atoms with Crippen LogP contribution in [-0.4, -0.2) is 39.7 Å². The molecule has 4 unspecified atom stereocenters. The summed E-state index contributed by atoms with van der Waals surface area (Å²) in [7, 11) is 0. The molecule has 5 aromatic rings. The van der Waals surface area contributed by atoms with Crippen LogP contribution in [0.3, 0.4) is 0 Å². The molecule has 2 aromatic heterocycles. The van der Waals surface area contributed by atoms with E-state index in [-0.39, 0.29) is 17.9 Å². The topological polar surface area (TPSA) is 102 Å². The third-order valence-corrected chi connectivity index (χ3v) is 9.64. The Morgan fingerprint density at radius 1 is 0.652 bits per heavy atom. The number of halogens is 2. The van der Waals surface area contributed by atoms with Crippen LogP contribution in [0.4, 0.5) is 4.39 Å². The van der Waals surface area contributed by atoms with Crippen LogP contribution < -0.4 is 0 Å². The predicted molar refractivity (Wildman–Crippen MR) is 176 cm³/mol. The summed E-state index contributed by atoms with van der Waals surface area (Å²) in [6, 6.07) is 21.6. The van der Waals surface area contributed by atoms with Crippen molar-refractivity contribution in [2.45, 2.75) is 74.7 Å². The highest BCUT2D eigenvalue weighted by molar-refractivity contribution is 9.10. The first kappa shape index (κ1) is 31.8. The lowest BCUT2D eigenvalue weighted by atomic mass is 9.75. The van der Waals surface area contributed by atoms with Gasteiger partial charge in [0.15, 0.2) is 0 Å². The number of rotatable bonds is 4. The Kier molecular flexibility index (Phi) is 9.73. The number of hydrogen-bond donors (Lipinski definition) is 2. The highest BCUT2D eigenvalue weighted by Crippen LogP contribution is 2.45. The molecule has 10 heteroatoms. The number of hydrogen-bond acceptors (Lipinski definition) is 6. The van der Waals surface area contributed by atoms with E-state index in [9.17, 15) is 14.6 Å². The van der Waals surface area contributed by atoms with Crippen LogP contribution in [0, 0.1) is 17.7 Å². The molecular formula is C36H36BrFN6O2. The molecule has 2 heterocycles. The average Bonchev–Trinajstić information content (AvgIpc) is 3.82. The van der Waals surface area contributed by atoms with Crippen LogP contribution in [-0.2, 0) is 11.2 Å². The van der Waals surface area contributed by atoms with Gasteiger partial charge in [0.05, 0.1) is 12.1 Å². The standard InChI is InChI=1S/C22H20FN3O.C14H16BrN3O/c23-20-12-8-18(9-13-20)5-4-17-6-10-19(11-7-17)22(27)14-2-1-3-21(22)26-16-24-15-25-26;15-12-6-4-11(5-7-12)14(19)8-2-1-3-13(14)18-10-16-9-17-18/h6-13,15-16,21,27H,1-3,14H2;4-7,9-10,13,19H,1-3,8H2. The zero-order valence-corrected chi connectivity index (χ0v) is 27.0.